The molecular formula is C27H23N. The zero-order valence-corrected chi connectivity index (χ0v) is 15.8. The molecule has 1 aliphatic heterocycles. The van der Waals surface area contributed by atoms with Gasteiger partial charge in [0, 0.05) is 13.1 Å². The second kappa shape index (κ2) is 7.10. The molecule has 0 aliphatic carbocycles. The number of hydrogen-bond acceptors (Lipinski definition) is 1. The van der Waals surface area contributed by atoms with Gasteiger partial charge in [-0.15, -0.1) is 0 Å². The molecule has 1 heterocycles. The predicted octanol–water partition coefficient (Wildman–Crippen LogP) is 5.99. The van der Waals surface area contributed by atoms with E-state index in [1.165, 1.54) is 27.8 Å². The molecule has 0 fully saturated rings. The lowest BCUT2D eigenvalue weighted by atomic mass is 9.75. The molecule has 136 valence electrons. The summed E-state index contributed by atoms with van der Waals surface area (Å²) in [6.07, 6.45) is 0. The zero-order valence-electron chi connectivity index (χ0n) is 15.8. The molecule has 1 heteroatoms. The zero-order chi connectivity index (χ0) is 18.8. The first-order valence-corrected chi connectivity index (χ1v) is 9.87. The van der Waals surface area contributed by atoms with Gasteiger partial charge in [-0.05, 0) is 27.8 Å². The molecule has 0 amide bonds. The first-order valence-electron chi connectivity index (χ1n) is 9.87. The number of benzene rings is 4. The Hall–Kier alpha value is -3.16. The molecule has 4 aromatic carbocycles. The largest absolute Gasteiger partial charge is 0.277 e. The minimum absolute atomic E-state index is 0.331. The van der Waals surface area contributed by atoms with Gasteiger partial charge in [-0.25, -0.2) is 0 Å². The van der Waals surface area contributed by atoms with E-state index in [4.69, 9.17) is 0 Å². The lowest BCUT2D eigenvalue weighted by Crippen LogP contribution is -2.45. The van der Waals surface area contributed by atoms with Gasteiger partial charge in [-0.1, -0.05) is 115 Å². The maximum atomic E-state index is 2.62. The van der Waals surface area contributed by atoms with Crippen LogP contribution in [0.2, 0.25) is 0 Å². The summed E-state index contributed by atoms with van der Waals surface area (Å²) >= 11 is 0. The van der Waals surface area contributed by atoms with Crippen LogP contribution in [0, 0.1) is 0 Å². The van der Waals surface area contributed by atoms with Crippen LogP contribution in [-0.2, 0) is 18.6 Å². The van der Waals surface area contributed by atoms with Crippen molar-refractivity contribution in [1.82, 2.24) is 4.90 Å². The van der Waals surface area contributed by atoms with Gasteiger partial charge >= 0.3 is 0 Å². The molecule has 5 rings (SSSR count). The third kappa shape index (κ3) is 2.67. The molecule has 0 unspecified atom stereocenters. The summed E-state index contributed by atoms with van der Waals surface area (Å²) in [5, 5.41) is 0. The average Bonchev–Trinajstić information content (AvgIpc) is 3.21. The molecule has 0 radical (unpaired) electrons. The first kappa shape index (κ1) is 17.0. The van der Waals surface area contributed by atoms with E-state index in [0.717, 1.165) is 13.1 Å². The molecule has 4 aromatic rings. The van der Waals surface area contributed by atoms with Crippen molar-refractivity contribution in [1.29, 1.82) is 0 Å². The fourth-order valence-electron chi connectivity index (χ4n) is 4.66. The van der Waals surface area contributed by atoms with Crippen LogP contribution in [0.3, 0.4) is 0 Å². The van der Waals surface area contributed by atoms with Gasteiger partial charge in [0.15, 0.2) is 0 Å². The second-order valence-corrected chi connectivity index (χ2v) is 7.43. The van der Waals surface area contributed by atoms with Crippen molar-refractivity contribution in [2.75, 3.05) is 0 Å². The first-order chi connectivity index (χ1) is 13.9. The van der Waals surface area contributed by atoms with Crippen molar-refractivity contribution in [2.45, 2.75) is 18.6 Å². The molecule has 0 N–H and O–H groups in total. The normalized spacial score (nSPS) is 14.0. The molecule has 0 aromatic heterocycles. The van der Waals surface area contributed by atoms with Crippen LogP contribution in [0.25, 0.3) is 0 Å². The van der Waals surface area contributed by atoms with Crippen LogP contribution < -0.4 is 0 Å². The Bertz CT molecular complexity index is 933. The molecule has 0 atom stereocenters. The SMILES string of the molecule is c1ccc(C(c2ccccc2)(c2ccccc2)N2Cc3ccccc3C2)cc1. The minimum Gasteiger partial charge on any atom is -0.277 e. The molecule has 0 saturated heterocycles. The van der Waals surface area contributed by atoms with E-state index >= 15 is 0 Å². The van der Waals surface area contributed by atoms with Gasteiger partial charge in [-0.2, -0.15) is 0 Å². The number of hydrogen-bond donors (Lipinski definition) is 0. The van der Waals surface area contributed by atoms with Crippen molar-refractivity contribution >= 4 is 0 Å². The van der Waals surface area contributed by atoms with E-state index < -0.39 is 0 Å². The maximum Gasteiger partial charge on any atom is 0.0978 e. The highest BCUT2D eigenvalue weighted by Crippen LogP contribution is 2.46. The summed E-state index contributed by atoms with van der Waals surface area (Å²) in [7, 11) is 0. The van der Waals surface area contributed by atoms with E-state index in [1.54, 1.807) is 0 Å². The van der Waals surface area contributed by atoms with Crippen molar-refractivity contribution in [3.05, 3.63) is 143 Å². The summed E-state index contributed by atoms with van der Waals surface area (Å²) in [5.41, 5.74) is 6.44. The number of fused-ring (bicyclic) bond motifs is 1. The Labute approximate surface area is 166 Å². The molecule has 1 nitrogen and oxygen atoms in total. The summed E-state index contributed by atoms with van der Waals surface area (Å²) in [6, 6.07) is 41.6. The molecular weight excluding hydrogens is 338 g/mol. The minimum atomic E-state index is -0.331. The number of rotatable bonds is 4. The van der Waals surface area contributed by atoms with E-state index in [9.17, 15) is 0 Å². The highest BCUT2D eigenvalue weighted by Gasteiger charge is 2.44. The summed E-state index contributed by atoms with van der Waals surface area (Å²) in [6.45, 7) is 1.88. The third-order valence-electron chi connectivity index (χ3n) is 5.89. The van der Waals surface area contributed by atoms with Crippen LogP contribution in [0.4, 0.5) is 0 Å². The Morgan fingerprint density at radius 3 is 1.11 bits per heavy atom. The Morgan fingerprint density at radius 1 is 0.429 bits per heavy atom. The topological polar surface area (TPSA) is 3.24 Å². The van der Waals surface area contributed by atoms with Gasteiger partial charge in [0.1, 0.15) is 0 Å². The molecule has 0 spiro atoms. The lowest BCUT2D eigenvalue weighted by molar-refractivity contribution is 0.157. The van der Waals surface area contributed by atoms with E-state index in [2.05, 4.69) is 120 Å². The second-order valence-electron chi connectivity index (χ2n) is 7.43. The van der Waals surface area contributed by atoms with Gasteiger partial charge < -0.3 is 0 Å². The van der Waals surface area contributed by atoms with Crippen LogP contribution in [0.5, 0.6) is 0 Å². The fourth-order valence-corrected chi connectivity index (χ4v) is 4.66. The molecule has 0 bridgehead atoms. The Kier molecular flexibility index (Phi) is 4.31. The van der Waals surface area contributed by atoms with Gasteiger partial charge in [-0.3, -0.25) is 4.90 Å². The summed E-state index contributed by atoms with van der Waals surface area (Å²) < 4.78 is 0. The predicted molar refractivity (Wildman–Crippen MR) is 115 cm³/mol. The van der Waals surface area contributed by atoms with Crippen molar-refractivity contribution in [3.8, 4) is 0 Å². The molecule has 1 aliphatic rings. The van der Waals surface area contributed by atoms with Gasteiger partial charge in [0.25, 0.3) is 0 Å². The highest BCUT2D eigenvalue weighted by atomic mass is 15.2. The van der Waals surface area contributed by atoms with Crippen molar-refractivity contribution in [3.63, 3.8) is 0 Å². The van der Waals surface area contributed by atoms with Crippen LogP contribution in [0.15, 0.2) is 115 Å². The van der Waals surface area contributed by atoms with Crippen molar-refractivity contribution < 1.29 is 0 Å². The summed E-state index contributed by atoms with van der Waals surface area (Å²) in [4.78, 5) is 2.62. The van der Waals surface area contributed by atoms with Crippen molar-refractivity contribution in [2.24, 2.45) is 0 Å². The van der Waals surface area contributed by atoms with Crippen LogP contribution >= 0.6 is 0 Å². The van der Waals surface area contributed by atoms with E-state index in [1.807, 2.05) is 0 Å². The van der Waals surface area contributed by atoms with Crippen LogP contribution in [-0.4, -0.2) is 4.90 Å². The van der Waals surface area contributed by atoms with E-state index in [0.29, 0.717) is 0 Å². The van der Waals surface area contributed by atoms with E-state index in [-0.39, 0.29) is 5.54 Å². The Morgan fingerprint density at radius 2 is 0.750 bits per heavy atom. The lowest BCUT2D eigenvalue weighted by Gasteiger charge is -2.43. The maximum absolute atomic E-state index is 2.62. The number of nitrogens with zero attached hydrogens (tertiary/aromatic N) is 1. The fraction of sp³-hybridized carbons (Fsp3) is 0.111. The monoisotopic (exact) mass is 361 g/mol. The molecule has 28 heavy (non-hydrogen) atoms. The summed E-state index contributed by atoms with van der Waals surface area (Å²) in [5.74, 6) is 0. The quantitative estimate of drug-likeness (QED) is 0.403. The van der Waals surface area contributed by atoms with Gasteiger partial charge in [0.05, 0.1) is 5.54 Å². The highest BCUT2D eigenvalue weighted by molar-refractivity contribution is 5.51. The Balaban J connectivity index is 1.79. The average molecular weight is 361 g/mol. The standard InChI is InChI=1S/C27H23N/c1-4-14-24(15-5-1)27(25-16-6-2-7-17-25,26-18-8-3-9-19-26)28-20-22-12-10-11-13-23(22)21-28/h1-19H,20-21H2. The van der Waals surface area contributed by atoms with Crippen LogP contribution in [0.1, 0.15) is 27.8 Å². The smallest absolute Gasteiger partial charge is 0.0978 e. The van der Waals surface area contributed by atoms with Gasteiger partial charge in [0.2, 0.25) is 0 Å². The molecule has 0 saturated carbocycles. The third-order valence-corrected chi connectivity index (χ3v) is 5.89.